The van der Waals surface area contributed by atoms with Gasteiger partial charge in [0.05, 0.1) is 26.9 Å². The van der Waals surface area contributed by atoms with Gasteiger partial charge in [0.1, 0.15) is 5.56 Å². The van der Waals surface area contributed by atoms with Crippen LogP contribution in [0.2, 0.25) is 0 Å². The number of aryl methyl sites for hydroxylation is 2. The minimum absolute atomic E-state index is 0.0811. The molecule has 1 atom stereocenters. The van der Waals surface area contributed by atoms with Gasteiger partial charge in [0, 0.05) is 18.7 Å². The Labute approximate surface area is 233 Å². The number of benzene rings is 2. The molecule has 0 fully saturated rings. The number of esters is 2. The number of hydrogen-bond donors (Lipinski definition) is 1. The van der Waals surface area contributed by atoms with Gasteiger partial charge in [-0.05, 0) is 53.3 Å². The molecule has 1 heterocycles. The van der Waals surface area contributed by atoms with Gasteiger partial charge >= 0.3 is 11.9 Å². The predicted molar refractivity (Wildman–Crippen MR) is 149 cm³/mol. The topological polar surface area (TPSA) is 95.9 Å². The zero-order chi connectivity index (χ0) is 27.9. The number of hydrogen-bond acceptors (Lipinski definition) is 7. The molecule has 0 radical (unpaired) electrons. The summed E-state index contributed by atoms with van der Waals surface area (Å²) in [7, 11) is 2.44. The van der Waals surface area contributed by atoms with Crippen LogP contribution in [0.4, 0.5) is 0 Å². The van der Waals surface area contributed by atoms with Crippen LogP contribution < -0.4 is 15.0 Å². The number of carbonyl (C=O) groups excluding carboxylic acids is 2. The van der Waals surface area contributed by atoms with Crippen molar-refractivity contribution in [3.63, 3.8) is 0 Å². The van der Waals surface area contributed by atoms with Crippen molar-refractivity contribution in [2.45, 2.75) is 44.6 Å². The van der Waals surface area contributed by atoms with Gasteiger partial charge in [-0.25, -0.2) is 14.4 Å². The van der Waals surface area contributed by atoms with Crippen LogP contribution in [0.1, 0.15) is 74.8 Å². The number of ether oxygens (including phenoxy) is 3. The van der Waals surface area contributed by atoms with Gasteiger partial charge in [-0.2, -0.15) is 0 Å². The summed E-state index contributed by atoms with van der Waals surface area (Å²) < 4.78 is 17.6. The maximum atomic E-state index is 13.5. The average molecular weight is 553 g/mol. The van der Waals surface area contributed by atoms with Crippen molar-refractivity contribution in [2.24, 2.45) is 0 Å². The number of halogens is 1. The third-order valence-corrected chi connectivity index (χ3v) is 7.35. The van der Waals surface area contributed by atoms with E-state index in [1.54, 1.807) is 4.57 Å². The molecule has 0 amide bonds. The third kappa shape index (κ3) is 5.72. The average Bonchev–Trinajstić information content (AvgIpc) is 3.13. The molecule has 1 N–H and O–H groups in total. The third-order valence-electron chi connectivity index (χ3n) is 7.19. The van der Waals surface area contributed by atoms with Gasteiger partial charge in [0.15, 0.2) is 11.4 Å². The minimum atomic E-state index is -0.829. The normalized spacial score (nSPS) is 13.5. The van der Waals surface area contributed by atoms with E-state index in [1.807, 2.05) is 31.2 Å². The Bertz CT molecular complexity index is 1350. The van der Waals surface area contributed by atoms with E-state index < -0.39 is 23.4 Å². The Hall–Kier alpha value is -3.62. The monoisotopic (exact) mass is 552 g/mol. The van der Waals surface area contributed by atoms with E-state index in [2.05, 4.69) is 29.1 Å². The molecule has 39 heavy (non-hydrogen) atoms. The highest BCUT2D eigenvalue weighted by molar-refractivity contribution is 6.13. The second kappa shape index (κ2) is 13.0. The van der Waals surface area contributed by atoms with Crippen molar-refractivity contribution < 1.29 is 23.8 Å². The van der Waals surface area contributed by atoms with E-state index in [-0.39, 0.29) is 36.1 Å². The van der Waals surface area contributed by atoms with Crippen LogP contribution in [0.5, 0.6) is 5.75 Å². The van der Waals surface area contributed by atoms with E-state index in [0.717, 1.165) is 30.4 Å². The molecule has 9 heteroatoms. The zero-order valence-corrected chi connectivity index (χ0v) is 23.1. The van der Waals surface area contributed by atoms with E-state index in [4.69, 9.17) is 26.0 Å². The smallest absolute Gasteiger partial charge is 0.358 e. The SMILES string of the molecule is CCCCOc1c(C(=O)OC)n(C(CNCl)C2c3ccccc3CCc3ccccc32)cc(C(=O)OC)c1=O. The van der Waals surface area contributed by atoms with E-state index >= 15 is 0 Å². The number of fused-ring (bicyclic) bond motifs is 2. The number of methoxy groups -OCH3 is 2. The number of unbranched alkanes of at least 4 members (excludes halogenated alkanes) is 1. The van der Waals surface area contributed by atoms with Crippen LogP contribution in [0.25, 0.3) is 0 Å². The molecule has 1 unspecified atom stereocenters. The van der Waals surface area contributed by atoms with Crippen molar-refractivity contribution in [3.8, 4) is 5.75 Å². The summed E-state index contributed by atoms with van der Waals surface area (Å²) in [5.74, 6) is -2.12. The quantitative estimate of drug-likeness (QED) is 0.219. The molecule has 0 aliphatic heterocycles. The van der Waals surface area contributed by atoms with Crippen LogP contribution in [0, 0.1) is 0 Å². The zero-order valence-electron chi connectivity index (χ0n) is 22.4. The van der Waals surface area contributed by atoms with Gasteiger partial charge < -0.3 is 18.8 Å². The summed E-state index contributed by atoms with van der Waals surface area (Å²) in [4.78, 5) is 42.3. The number of aromatic nitrogens is 1. The maximum Gasteiger partial charge on any atom is 0.358 e. The van der Waals surface area contributed by atoms with Crippen LogP contribution in [0.15, 0.2) is 59.5 Å². The first-order valence-electron chi connectivity index (χ1n) is 13.0. The molecule has 1 aliphatic rings. The van der Waals surface area contributed by atoms with Crippen LogP contribution in [0.3, 0.4) is 0 Å². The van der Waals surface area contributed by atoms with Gasteiger partial charge in [0.25, 0.3) is 0 Å². The molecule has 0 spiro atoms. The fourth-order valence-corrected chi connectivity index (χ4v) is 5.47. The van der Waals surface area contributed by atoms with Crippen molar-refractivity contribution in [2.75, 3.05) is 27.4 Å². The highest BCUT2D eigenvalue weighted by atomic mass is 35.5. The molecule has 3 aromatic rings. The van der Waals surface area contributed by atoms with Crippen LogP contribution >= 0.6 is 11.8 Å². The summed E-state index contributed by atoms with van der Waals surface area (Å²) in [6.07, 6.45) is 4.52. The molecular weight excluding hydrogens is 520 g/mol. The number of nitrogens with zero attached hydrogens (tertiary/aromatic N) is 1. The van der Waals surface area contributed by atoms with Gasteiger partial charge in [-0.15, -0.1) is 0 Å². The Balaban J connectivity index is 2.06. The van der Waals surface area contributed by atoms with Crippen LogP contribution in [-0.4, -0.2) is 43.9 Å². The molecule has 4 rings (SSSR count). The highest BCUT2D eigenvalue weighted by Crippen LogP contribution is 2.42. The summed E-state index contributed by atoms with van der Waals surface area (Å²) in [5, 5.41) is 0. The molecule has 206 valence electrons. The number of rotatable bonds is 10. The van der Waals surface area contributed by atoms with Crippen molar-refractivity contribution in [1.82, 2.24) is 9.40 Å². The Kier molecular flexibility index (Phi) is 9.43. The summed E-state index contributed by atoms with van der Waals surface area (Å²) in [6.45, 7) is 2.36. The van der Waals surface area contributed by atoms with E-state index in [1.165, 1.54) is 31.5 Å². The minimum Gasteiger partial charge on any atom is -0.487 e. The molecule has 0 bridgehead atoms. The first-order chi connectivity index (χ1) is 19.0. The van der Waals surface area contributed by atoms with E-state index in [0.29, 0.717) is 6.42 Å². The number of nitrogens with one attached hydrogen (secondary N) is 1. The largest absolute Gasteiger partial charge is 0.487 e. The molecule has 0 saturated heterocycles. The molecular formula is C30H33ClN2O6. The second-order valence-corrected chi connectivity index (χ2v) is 9.69. The Morgan fingerprint density at radius 3 is 2.13 bits per heavy atom. The molecule has 0 saturated carbocycles. The lowest BCUT2D eigenvalue weighted by molar-refractivity contribution is 0.0563. The number of carbonyl (C=O) groups is 2. The van der Waals surface area contributed by atoms with Gasteiger partial charge in [0.2, 0.25) is 5.43 Å². The fraction of sp³-hybridized carbons (Fsp3) is 0.367. The standard InChI is InChI=1S/C30H33ClN2O6/c1-4-5-16-39-28-26(30(36)38-3)33(18-23(27(28)34)29(35)37-2)24(17-32-31)25-21-12-8-6-10-19(21)14-15-20-11-7-9-13-22(20)25/h6-13,18,24-25,32H,4-5,14-17H2,1-3H3. The molecule has 1 aliphatic carbocycles. The molecule has 1 aromatic heterocycles. The first kappa shape index (κ1) is 28.4. The Morgan fingerprint density at radius 1 is 1.00 bits per heavy atom. The lowest BCUT2D eigenvalue weighted by atomic mass is 9.82. The molecule has 8 nitrogen and oxygen atoms in total. The summed E-state index contributed by atoms with van der Waals surface area (Å²) >= 11 is 6.17. The van der Waals surface area contributed by atoms with Crippen molar-refractivity contribution in [1.29, 1.82) is 0 Å². The highest BCUT2D eigenvalue weighted by Gasteiger charge is 2.36. The van der Waals surface area contributed by atoms with Crippen molar-refractivity contribution in [3.05, 3.63) is 98.5 Å². The second-order valence-electron chi connectivity index (χ2n) is 9.42. The number of pyridine rings is 1. The van der Waals surface area contributed by atoms with Gasteiger partial charge in [-0.3, -0.25) is 4.79 Å². The van der Waals surface area contributed by atoms with Gasteiger partial charge in [-0.1, -0.05) is 61.9 Å². The fourth-order valence-electron chi connectivity index (χ4n) is 5.31. The first-order valence-corrected chi connectivity index (χ1v) is 13.4. The maximum absolute atomic E-state index is 13.5. The van der Waals surface area contributed by atoms with Crippen molar-refractivity contribution >= 4 is 23.7 Å². The van der Waals surface area contributed by atoms with Crippen LogP contribution in [-0.2, 0) is 22.3 Å². The molecule has 2 aromatic carbocycles. The lowest BCUT2D eigenvalue weighted by Crippen LogP contribution is -2.34. The summed E-state index contributed by atoms with van der Waals surface area (Å²) in [6, 6.07) is 15.8. The summed E-state index contributed by atoms with van der Waals surface area (Å²) in [5.41, 5.74) is 3.43. The lowest BCUT2D eigenvalue weighted by Gasteiger charge is -2.33. The van der Waals surface area contributed by atoms with E-state index in [9.17, 15) is 14.4 Å². The Morgan fingerprint density at radius 2 is 1.59 bits per heavy atom. The predicted octanol–water partition coefficient (Wildman–Crippen LogP) is 4.82.